The molecule has 28 heavy (non-hydrogen) atoms. The molecule has 0 spiro atoms. The molecule has 2 aliphatic rings. The van der Waals surface area contributed by atoms with Gasteiger partial charge in [0, 0.05) is 31.2 Å². The highest BCUT2D eigenvalue weighted by Crippen LogP contribution is 2.29. The van der Waals surface area contributed by atoms with E-state index in [1.807, 2.05) is 12.1 Å². The lowest BCUT2D eigenvalue weighted by Gasteiger charge is -2.39. The van der Waals surface area contributed by atoms with Crippen LogP contribution in [0.4, 0.5) is 0 Å². The minimum Gasteiger partial charge on any atom is -0.366 e. The van der Waals surface area contributed by atoms with Crippen molar-refractivity contribution in [3.8, 4) is 0 Å². The quantitative estimate of drug-likeness (QED) is 0.750. The highest BCUT2D eigenvalue weighted by molar-refractivity contribution is 7.88. The number of hydrogen-bond donors (Lipinski definition) is 1. The molecular formula is C21H33N3O3S. The van der Waals surface area contributed by atoms with Crippen molar-refractivity contribution in [2.75, 3.05) is 32.4 Å². The van der Waals surface area contributed by atoms with Crippen LogP contribution in [0.2, 0.25) is 0 Å². The molecule has 156 valence electrons. The lowest BCUT2D eigenvalue weighted by atomic mass is 9.84. The van der Waals surface area contributed by atoms with Crippen LogP contribution < -0.4 is 5.73 Å². The molecule has 1 unspecified atom stereocenters. The van der Waals surface area contributed by atoms with E-state index in [-0.39, 0.29) is 5.91 Å². The van der Waals surface area contributed by atoms with Gasteiger partial charge in [0.05, 0.1) is 6.26 Å². The zero-order chi connectivity index (χ0) is 20.3. The Kier molecular flexibility index (Phi) is 6.78. The fraction of sp³-hybridized carbons (Fsp3) is 0.667. The Labute approximate surface area is 169 Å². The molecule has 1 amide bonds. The van der Waals surface area contributed by atoms with E-state index in [2.05, 4.69) is 17.9 Å². The Morgan fingerprint density at radius 2 is 1.96 bits per heavy atom. The van der Waals surface area contributed by atoms with Gasteiger partial charge < -0.3 is 5.73 Å². The average Bonchev–Trinajstić information content (AvgIpc) is 2.66. The number of piperidine rings is 1. The van der Waals surface area contributed by atoms with Gasteiger partial charge >= 0.3 is 0 Å². The van der Waals surface area contributed by atoms with Gasteiger partial charge in [-0.15, -0.1) is 0 Å². The summed E-state index contributed by atoms with van der Waals surface area (Å²) < 4.78 is 25.1. The number of sulfonamides is 1. The minimum absolute atomic E-state index is 0.340. The van der Waals surface area contributed by atoms with Gasteiger partial charge in [-0.1, -0.05) is 19.1 Å². The van der Waals surface area contributed by atoms with Crippen LogP contribution in [0.5, 0.6) is 0 Å². The maximum Gasteiger partial charge on any atom is 0.248 e. The van der Waals surface area contributed by atoms with Gasteiger partial charge in [-0.3, -0.25) is 9.69 Å². The maximum absolute atomic E-state index is 11.9. The second kappa shape index (κ2) is 8.93. The van der Waals surface area contributed by atoms with Gasteiger partial charge in [-0.05, 0) is 68.2 Å². The number of nitrogens with two attached hydrogens (primary N) is 1. The van der Waals surface area contributed by atoms with E-state index >= 15 is 0 Å². The summed E-state index contributed by atoms with van der Waals surface area (Å²) in [7, 11) is -3.08. The first-order valence-electron chi connectivity index (χ1n) is 10.4. The number of benzene rings is 1. The van der Waals surface area contributed by atoms with Gasteiger partial charge in [0.1, 0.15) is 0 Å². The van der Waals surface area contributed by atoms with E-state index in [4.69, 9.17) is 5.73 Å². The number of fused-ring (bicyclic) bond motifs is 1. The van der Waals surface area contributed by atoms with Gasteiger partial charge in [0.15, 0.2) is 0 Å². The molecule has 1 aliphatic carbocycles. The Morgan fingerprint density at radius 1 is 1.25 bits per heavy atom. The molecule has 7 heteroatoms. The molecule has 0 radical (unpaired) electrons. The van der Waals surface area contributed by atoms with E-state index in [0.717, 1.165) is 57.2 Å². The molecule has 1 heterocycles. The summed E-state index contributed by atoms with van der Waals surface area (Å²) in [5, 5.41) is 0. The third-order valence-corrected chi connectivity index (χ3v) is 7.59. The molecular weight excluding hydrogens is 374 g/mol. The van der Waals surface area contributed by atoms with Crippen LogP contribution in [0.3, 0.4) is 0 Å². The minimum atomic E-state index is -3.08. The fourth-order valence-corrected chi connectivity index (χ4v) is 5.65. The van der Waals surface area contributed by atoms with Crippen molar-refractivity contribution in [1.29, 1.82) is 0 Å². The molecule has 1 aromatic carbocycles. The molecule has 1 fully saturated rings. The number of carbonyl (C=O) groups excluding carboxylic acids is 1. The third kappa shape index (κ3) is 4.93. The molecule has 0 aromatic heterocycles. The van der Waals surface area contributed by atoms with Crippen molar-refractivity contribution >= 4 is 15.9 Å². The SMILES string of the molecule is CCCN(CC1CCN(S(C)(=O)=O)CC1)C1CCc2cccc(C(N)=O)c2C1. The zero-order valence-corrected chi connectivity index (χ0v) is 17.9. The van der Waals surface area contributed by atoms with Crippen LogP contribution in [0.1, 0.15) is 54.1 Å². The van der Waals surface area contributed by atoms with Crippen molar-refractivity contribution in [3.05, 3.63) is 34.9 Å². The predicted octanol–water partition coefficient (Wildman–Crippen LogP) is 2.03. The van der Waals surface area contributed by atoms with Crippen LogP contribution in [0.25, 0.3) is 0 Å². The molecule has 1 saturated heterocycles. The highest BCUT2D eigenvalue weighted by atomic mass is 32.2. The fourth-order valence-electron chi connectivity index (χ4n) is 4.78. The summed E-state index contributed by atoms with van der Waals surface area (Å²) in [5.74, 6) is 0.185. The van der Waals surface area contributed by atoms with Crippen LogP contribution in [-0.4, -0.2) is 62.0 Å². The molecule has 6 nitrogen and oxygen atoms in total. The van der Waals surface area contributed by atoms with Crippen molar-refractivity contribution in [1.82, 2.24) is 9.21 Å². The van der Waals surface area contributed by atoms with Crippen molar-refractivity contribution in [2.45, 2.75) is 51.5 Å². The van der Waals surface area contributed by atoms with Gasteiger partial charge in [-0.25, -0.2) is 12.7 Å². The average molecular weight is 408 g/mol. The Hall–Kier alpha value is -1.44. The van der Waals surface area contributed by atoms with Crippen LogP contribution in [0.15, 0.2) is 18.2 Å². The summed E-state index contributed by atoms with van der Waals surface area (Å²) in [6.07, 6.45) is 7.17. The standard InChI is InChI=1S/C21H33N3O3S/c1-3-11-23(15-16-9-12-24(13-10-16)28(2,26)27)18-8-7-17-5-4-6-19(21(22)25)20(17)14-18/h4-6,16,18H,3,7-15H2,1-2H3,(H2,22,25). The van der Waals surface area contributed by atoms with E-state index in [9.17, 15) is 13.2 Å². The first kappa shape index (κ1) is 21.3. The van der Waals surface area contributed by atoms with Crippen molar-refractivity contribution in [2.24, 2.45) is 11.7 Å². The number of rotatable bonds is 7. The second-order valence-electron chi connectivity index (χ2n) is 8.30. The van der Waals surface area contributed by atoms with E-state index in [0.29, 0.717) is 30.6 Å². The molecule has 0 bridgehead atoms. The lowest BCUT2D eigenvalue weighted by Crippen LogP contribution is -2.46. The van der Waals surface area contributed by atoms with Gasteiger partial charge in [0.25, 0.3) is 0 Å². The largest absolute Gasteiger partial charge is 0.366 e. The molecule has 3 rings (SSSR count). The Bertz CT molecular complexity index is 801. The first-order chi connectivity index (χ1) is 13.3. The molecule has 0 saturated carbocycles. The van der Waals surface area contributed by atoms with Crippen LogP contribution >= 0.6 is 0 Å². The summed E-state index contributed by atoms with van der Waals surface area (Å²) >= 11 is 0. The summed E-state index contributed by atoms with van der Waals surface area (Å²) in [6, 6.07) is 6.30. The third-order valence-electron chi connectivity index (χ3n) is 6.29. The number of nitrogens with zero attached hydrogens (tertiary/aromatic N) is 2. The first-order valence-corrected chi connectivity index (χ1v) is 12.2. The molecule has 2 N–H and O–H groups in total. The summed E-state index contributed by atoms with van der Waals surface area (Å²) in [6.45, 7) is 5.49. The normalized spacial score (nSPS) is 21.6. The molecule has 1 aliphatic heterocycles. The Morgan fingerprint density at radius 3 is 2.57 bits per heavy atom. The number of hydrogen-bond acceptors (Lipinski definition) is 4. The Balaban J connectivity index is 1.68. The van der Waals surface area contributed by atoms with E-state index in [1.54, 1.807) is 4.31 Å². The van der Waals surface area contributed by atoms with E-state index < -0.39 is 10.0 Å². The van der Waals surface area contributed by atoms with Crippen LogP contribution in [-0.2, 0) is 22.9 Å². The second-order valence-corrected chi connectivity index (χ2v) is 10.3. The van der Waals surface area contributed by atoms with Crippen LogP contribution in [0, 0.1) is 5.92 Å². The predicted molar refractivity (Wildman–Crippen MR) is 112 cm³/mol. The number of carbonyl (C=O) groups is 1. The van der Waals surface area contributed by atoms with Crippen molar-refractivity contribution < 1.29 is 13.2 Å². The monoisotopic (exact) mass is 407 g/mol. The van der Waals surface area contributed by atoms with Gasteiger partial charge in [-0.2, -0.15) is 0 Å². The summed E-state index contributed by atoms with van der Waals surface area (Å²) in [5.41, 5.74) is 8.66. The number of amides is 1. The lowest BCUT2D eigenvalue weighted by molar-refractivity contribution is 0.0996. The zero-order valence-electron chi connectivity index (χ0n) is 17.1. The number of aryl methyl sites for hydroxylation is 1. The maximum atomic E-state index is 11.9. The topological polar surface area (TPSA) is 83.7 Å². The summed E-state index contributed by atoms with van der Waals surface area (Å²) in [4.78, 5) is 14.4. The smallest absolute Gasteiger partial charge is 0.248 e. The highest BCUT2D eigenvalue weighted by Gasteiger charge is 2.30. The molecule has 1 atom stereocenters. The molecule has 1 aromatic rings. The van der Waals surface area contributed by atoms with Crippen molar-refractivity contribution in [3.63, 3.8) is 0 Å². The number of primary amides is 1. The van der Waals surface area contributed by atoms with E-state index in [1.165, 1.54) is 11.8 Å². The van der Waals surface area contributed by atoms with Gasteiger partial charge in [0.2, 0.25) is 15.9 Å².